The van der Waals surface area contributed by atoms with Gasteiger partial charge >= 0.3 is 0 Å². The third kappa shape index (κ3) is 15.4. The first-order valence-electron chi connectivity index (χ1n) is 12.1. The number of phenolic OH excluding ortho intramolecular Hbond substituents is 1. The largest absolute Gasteiger partial charge is 0.506 e. The Morgan fingerprint density at radius 3 is 1.90 bits per heavy atom. The lowest BCUT2D eigenvalue weighted by Crippen LogP contribution is -2.04. The number of hydrogen-bond acceptors (Lipinski definition) is 3. The molecule has 0 heterocycles. The number of phenols is 1. The van der Waals surface area contributed by atoms with Crippen LogP contribution in [0.1, 0.15) is 110 Å². The van der Waals surface area contributed by atoms with Gasteiger partial charge in [0.25, 0.3) is 0 Å². The van der Waals surface area contributed by atoms with Gasteiger partial charge in [0.2, 0.25) is 0 Å². The Bertz CT molecular complexity index is 529. The van der Waals surface area contributed by atoms with E-state index in [9.17, 15) is 5.11 Å². The Morgan fingerprint density at radius 2 is 1.31 bits per heavy atom. The number of anilines is 1. The lowest BCUT2D eigenvalue weighted by Gasteiger charge is -2.08. The molecule has 166 valence electrons. The minimum absolute atomic E-state index is 0.316. The molecule has 1 aromatic rings. The van der Waals surface area contributed by atoms with Crippen LogP contribution < -0.4 is 5.32 Å². The fourth-order valence-electron chi connectivity index (χ4n) is 3.72. The van der Waals surface area contributed by atoms with Gasteiger partial charge in [-0.1, -0.05) is 109 Å². The Labute approximate surface area is 185 Å². The summed E-state index contributed by atoms with van der Waals surface area (Å²) < 4.78 is 0. The molecule has 0 aliphatic carbocycles. The number of aromatic hydroxyl groups is 1. The van der Waals surface area contributed by atoms with Crippen molar-refractivity contribution in [3.63, 3.8) is 0 Å². The highest BCUT2D eigenvalue weighted by Crippen LogP contribution is 2.21. The maximum Gasteiger partial charge on any atom is 0.138 e. The number of benzene rings is 1. The summed E-state index contributed by atoms with van der Waals surface area (Å²) in [5.74, 6) is 1.19. The summed E-state index contributed by atoms with van der Waals surface area (Å²) >= 11 is 5.53. The Balaban J connectivity index is 1.82. The first-order valence-corrected chi connectivity index (χ1v) is 12.5. The highest BCUT2D eigenvalue weighted by atomic mass is 32.1. The van der Waals surface area contributed by atoms with E-state index >= 15 is 0 Å². The van der Waals surface area contributed by atoms with E-state index in [0.29, 0.717) is 5.75 Å². The zero-order chi connectivity index (χ0) is 21.2. The molecule has 0 atom stereocenters. The van der Waals surface area contributed by atoms with Gasteiger partial charge in [0, 0.05) is 6.54 Å². The lowest BCUT2D eigenvalue weighted by molar-refractivity contribution is 0.477. The summed E-state index contributed by atoms with van der Waals surface area (Å²) in [6, 6.07) is 7.39. The van der Waals surface area contributed by atoms with Crippen molar-refractivity contribution in [3.8, 4) is 5.75 Å². The van der Waals surface area contributed by atoms with Crippen molar-refractivity contribution < 1.29 is 5.11 Å². The number of nitrogens with one attached hydrogen (secondary N) is 1. The van der Waals surface area contributed by atoms with Crippen molar-refractivity contribution in [3.05, 3.63) is 24.3 Å². The summed E-state index contributed by atoms with van der Waals surface area (Å²) in [7, 11) is 0. The molecule has 0 saturated heterocycles. The van der Waals surface area contributed by atoms with Gasteiger partial charge in [0.15, 0.2) is 0 Å². The van der Waals surface area contributed by atoms with Crippen molar-refractivity contribution in [1.82, 2.24) is 0 Å². The van der Waals surface area contributed by atoms with E-state index in [1.165, 1.54) is 81.9 Å². The summed E-state index contributed by atoms with van der Waals surface area (Å²) in [6.07, 6.45) is 19.9. The molecule has 0 unspecified atom stereocenters. The second-order valence-electron chi connectivity index (χ2n) is 8.91. The van der Waals surface area contributed by atoms with E-state index < -0.39 is 0 Å². The highest BCUT2D eigenvalue weighted by molar-refractivity contribution is 7.80. The van der Waals surface area contributed by atoms with Crippen molar-refractivity contribution in [2.75, 3.05) is 11.9 Å². The van der Waals surface area contributed by atoms with Crippen LogP contribution in [0.2, 0.25) is 0 Å². The van der Waals surface area contributed by atoms with Crippen molar-refractivity contribution in [2.24, 2.45) is 5.92 Å². The molecule has 0 fully saturated rings. The van der Waals surface area contributed by atoms with Crippen molar-refractivity contribution >= 4 is 22.8 Å². The second-order valence-corrected chi connectivity index (χ2v) is 9.49. The molecule has 2 nitrogen and oxygen atoms in total. The van der Waals surface area contributed by atoms with Crippen molar-refractivity contribution in [2.45, 2.75) is 110 Å². The monoisotopic (exact) mass is 419 g/mol. The molecule has 0 aromatic heterocycles. The summed E-state index contributed by atoms with van der Waals surface area (Å²) in [6.45, 7) is 5.51. The Morgan fingerprint density at radius 1 is 0.793 bits per heavy atom. The normalized spacial score (nSPS) is 11.1. The van der Waals surface area contributed by atoms with Crippen LogP contribution in [0, 0.1) is 5.92 Å². The van der Waals surface area contributed by atoms with E-state index in [4.69, 9.17) is 12.2 Å². The number of hydrogen-bond donors (Lipinski definition) is 2. The third-order valence-corrected chi connectivity index (χ3v) is 6.00. The van der Waals surface area contributed by atoms with E-state index in [1.54, 1.807) is 6.07 Å². The predicted molar refractivity (Wildman–Crippen MR) is 133 cm³/mol. The van der Waals surface area contributed by atoms with Crippen LogP contribution in [0.25, 0.3) is 0 Å². The third-order valence-electron chi connectivity index (χ3n) is 5.59. The average Bonchev–Trinajstić information content (AvgIpc) is 2.69. The number of rotatable bonds is 19. The second kappa shape index (κ2) is 17.7. The van der Waals surface area contributed by atoms with Gasteiger partial charge in [0.05, 0.1) is 5.69 Å². The van der Waals surface area contributed by atoms with E-state index in [1.807, 2.05) is 18.2 Å². The van der Waals surface area contributed by atoms with Gasteiger partial charge in [-0.15, -0.1) is 0 Å². The van der Waals surface area contributed by atoms with Crippen LogP contribution in [0.15, 0.2) is 24.3 Å². The molecule has 1 aromatic carbocycles. The molecule has 3 heteroatoms. The maximum atomic E-state index is 9.73. The average molecular weight is 420 g/mol. The summed E-state index contributed by atoms with van der Waals surface area (Å²) in [5.41, 5.74) is 0.810. The van der Waals surface area contributed by atoms with Crippen LogP contribution in [0.5, 0.6) is 5.75 Å². The van der Waals surface area contributed by atoms with Gasteiger partial charge in [-0.25, -0.2) is 0 Å². The molecule has 29 heavy (non-hydrogen) atoms. The van der Waals surface area contributed by atoms with Crippen LogP contribution in [0.3, 0.4) is 0 Å². The molecular formula is C26H45NOS. The molecule has 0 spiro atoms. The summed E-state index contributed by atoms with van der Waals surface area (Å²) in [4.78, 5) is 1.21. The topological polar surface area (TPSA) is 32.3 Å². The van der Waals surface area contributed by atoms with E-state index in [0.717, 1.165) is 37.4 Å². The fourth-order valence-corrected chi connectivity index (χ4v) is 4.01. The highest BCUT2D eigenvalue weighted by Gasteiger charge is 2.01. The number of unbranched alkanes of at least 4 members (excludes halogenated alkanes) is 10. The molecule has 1 rings (SSSR count). The van der Waals surface area contributed by atoms with Gasteiger partial charge < -0.3 is 10.4 Å². The van der Waals surface area contributed by atoms with Gasteiger partial charge in [-0.05, 0) is 48.6 Å². The fraction of sp³-hybridized carbons (Fsp3) is 0.731. The van der Waals surface area contributed by atoms with Crippen LogP contribution in [0.4, 0.5) is 5.69 Å². The zero-order valence-corrected chi connectivity index (χ0v) is 19.9. The Hall–Kier alpha value is -1.09. The van der Waals surface area contributed by atoms with Gasteiger partial charge in [-0.3, -0.25) is 0 Å². The van der Waals surface area contributed by atoms with E-state index in [-0.39, 0.29) is 0 Å². The summed E-state index contributed by atoms with van der Waals surface area (Å²) in [5, 5.41) is 13.0. The molecule has 0 saturated carbocycles. The molecule has 0 aliphatic heterocycles. The van der Waals surface area contributed by atoms with Crippen LogP contribution in [-0.2, 0) is 0 Å². The maximum absolute atomic E-state index is 9.73. The van der Waals surface area contributed by atoms with Crippen molar-refractivity contribution in [1.29, 1.82) is 0 Å². The number of para-hydroxylation sites is 2. The zero-order valence-electron chi connectivity index (χ0n) is 19.1. The molecule has 0 bridgehead atoms. The molecule has 0 amide bonds. The molecule has 2 N–H and O–H groups in total. The smallest absolute Gasteiger partial charge is 0.138 e. The van der Waals surface area contributed by atoms with Gasteiger partial charge in [-0.2, -0.15) is 0 Å². The first kappa shape index (κ1) is 25.9. The molecular weight excluding hydrogens is 374 g/mol. The minimum Gasteiger partial charge on any atom is -0.506 e. The molecule has 0 radical (unpaired) electrons. The predicted octanol–water partition coefficient (Wildman–Crippen LogP) is 8.68. The quantitative estimate of drug-likeness (QED) is 0.134. The standard InChI is InChI=1S/C26H45NOS/c1-23(2)17-12-10-8-6-4-3-5-7-9-11-13-18-24(29)19-16-22-27-25-20-14-15-21-26(25)28/h14-15,20-21,23,27-28H,3-13,16-19,22H2,1-2H3. The number of thiocarbonyl (C=S) groups is 1. The Kier molecular flexibility index (Phi) is 15.9. The minimum atomic E-state index is 0.316. The molecule has 0 aliphatic rings. The van der Waals surface area contributed by atoms with Crippen LogP contribution >= 0.6 is 12.2 Å². The van der Waals surface area contributed by atoms with Crippen LogP contribution in [-0.4, -0.2) is 16.5 Å². The lowest BCUT2D eigenvalue weighted by atomic mass is 10.0. The van der Waals surface area contributed by atoms with E-state index in [2.05, 4.69) is 19.2 Å². The first-order chi connectivity index (χ1) is 14.1. The SMILES string of the molecule is CC(C)CCCCCCCCCCCCCC(=S)CCCNc1ccccc1O. The van der Waals surface area contributed by atoms with Gasteiger partial charge in [0.1, 0.15) is 5.75 Å².